The van der Waals surface area contributed by atoms with Crippen molar-refractivity contribution in [2.24, 2.45) is 4.99 Å². The van der Waals surface area contributed by atoms with Gasteiger partial charge in [-0.05, 0) is 29.8 Å². The van der Waals surface area contributed by atoms with Gasteiger partial charge < -0.3 is 18.8 Å². The van der Waals surface area contributed by atoms with Gasteiger partial charge in [-0.15, -0.1) is 0 Å². The van der Waals surface area contributed by atoms with Crippen molar-refractivity contribution in [3.63, 3.8) is 0 Å². The number of thiazole rings is 1. The third-order valence-corrected chi connectivity index (χ3v) is 5.23. The van der Waals surface area contributed by atoms with E-state index in [4.69, 9.17) is 9.47 Å². The standard InChI is InChI=1S/C20H19FN2O5S/c1-26-14-8-7-12(9-15(14)27-2)10-17(24)22-20-23(11-18(25)28-3)19-13(21)5-4-6-16(19)29-20/h4-9H,10-11H2,1-3H3. The van der Waals surface area contributed by atoms with Gasteiger partial charge in [-0.3, -0.25) is 9.59 Å². The summed E-state index contributed by atoms with van der Waals surface area (Å²) in [5.74, 6) is -0.458. The van der Waals surface area contributed by atoms with Crippen LogP contribution in [-0.2, 0) is 27.3 Å². The van der Waals surface area contributed by atoms with Crippen molar-refractivity contribution < 1.29 is 28.2 Å². The Hall–Kier alpha value is -3.20. The van der Waals surface area contributed by atoms with Crippen molar-refractivity contribution >= 4 is 33.4 Å². The van der Waals surface area contributed by atoms with Crippen LogP contribution in [0.2, 0.25) is 0 Å². The smallest absolute Gasteiger partial charge is 0.325 e. The number of amides is 1. The lowest BCUT2D eigenvalue weighted by atomic mass is 10.1. The van der Waals surface area contributed by atoms with Gasteiger partial charge in [0, 0.05) is 0 Å². The summed E-state index contributed by atoms with van der Waals surface area (Å²) >= 11 is 1.13. The Kier molecular flexibility index (Phi) is 6.28. The summed E-state index contributed by atoms with van der Waals surface area (Å²) in [5, 5.41) is 0. The fourth-order valence-electron chi connectivity index (χ4n) is 2.82. The maximum absolute atomic E-state index is 14.3. The Bertz CT molecular complexity index is 1140. The SMILES string of the molecule is COC(=O)Cn1c(=NC(=O)Cc2ccc(OC)c(OC)c2)sc2cccc(F)c21. The van der Waals surface area contributed by atoms with Crippen LogP contribution in [0.25, 0.3) is 10.2 Å². The maximum atomic E-state index is 14.3. The molecule has 29 heavy (non-hydrogen) atoms. The molecule has 0 N–H and O–H groups in total. The fourth-order valence-corrected chi connectivity index (χ4v) is 3.89. The number of carbonyl (C=O) groups excluding carboxylic acids is 2. The number of aromatic nitrogens is 1. The van der Waals surface area contributed by atoms with Crippen molar-refractivity contribution in [2.45, 2.75) is 13.0 Å². The zero-order valence-electron chi connectivity index (χ0n) is 16.1. The molecule has 0 bridgehead atoms. The largest absolute Gasteiger partial charge is 0.493 e. The Morgan fingerprint density at radius 3 is 2.55 bits per heavy atom. The second-order valence-corrected chi connectivity index (χ2v) is 7.01. The molecule has 0 aliphatic carbocycles. The first kappa shape index (κ1) is 20.5. The average Bonchev–Trinajstić information content (AvgIpc) is 3.05. The summed E-state index contributed by atoms with van der Waals surface area (Å²) in [7, 11) is 4.28. The number of fused-ring (bicyclic) bond motifs is 1. The summed E-state index contributed by atoms with van der Waals surface area (Å²) in [6.45, 7) is -0.250. The third kappa shape index (κ3) is 4.45. The second kappa shape index (κ2) is 8.87. The van der Waals surface area contributed by atoms with E-state index in [1.54, 1.807) is 30.3 Å². The van der Waals surface area contributed by atoms with Crippen molar-refractivity contribution in [3.05, 3.63) is 52.6 Å². The highest BCUT2D eigenvalue weighted by Crippen LogP contribution is 2.27. The molecule has 3 rings (SSSR count). The van der Waals surface area contributed by atoms with Gasteiger partial charge in [0.05, 0.1) is 38.0 Å². The molecule has 1 aromatic heterocycles. The van der Waals surface area contributed by atoms with Crippen LogP contribution in [-0.4, -0.2) is 37.8 Å². The number of para-hydroxylation sites is 1. The first-order valence-corrected chi connectivity index (χ1v) is 9.41. The molecule has 0 fully saturated rings. The predicted molar refractivity (Wildman–Crippen MR) is 106 cm³/mol. The van der Waals surface area contributed by atoms with Gasteiger partial charge in [-0.2, -0.15) is 4.99 Å². The molecule has 0 unspecified atom stereocenters. The van der Waals surface area contributed by atoms with Gasteiger partial charge in [0.2, 0.25) is 0 Å². The number of ether oxygens (including phenoxy) is 3. The van der Waals surface area contributed by atoms with E-state index in [9.17, 15) is 14.0 Å². The predicted octanol–water partition coefficient (Wildman–Crippen LogP) is 2.70. The molecule has 9 heteroatoms. The third-order valence-electron chi connectivity index (χ3n) is 4.19. The number of carbonyl (C=O) groups is 2. The van der Waals surface area contributed by atoms with E-state index >= 15 is 0 Å². The molecule has 2 aromatic carbocycles. The monoisotopic (exact) mass is 418 g/mol. The number of nitrogens with zero attached hydrogens (tertiary/aromatic N) is 2. The summed E-state index contributed by atoms with van der Waals surface area (Å²) in [6.07, 6.45) is 0.00923. The quantitative estimate of drug-likeness (QED) is 0.575. The molecule has 7 nitrogen and oxygen atoms in total. The van der Waals surface area contributed by atoms with Gasteiger partial charge in [-0.1, -0.05) is 23.5 Å². The Morgan fingerprint density at radius 1 is 1.10 bits per heavy atom. The van der Waals surface area contributed by atoms with Crippen LogP contribution in [0.3, 0.4) is 0 Å². The molecule has 0 aliphatic heterocycles. The Balaban J connectivity index is 1.99. The minimum Gasteiger partial charge on any atom is -0.493 e. The number of halogens is 1. The molecule has 1 heterocycles. The lowest BCUT2D eigenvalue weighted by molar-refractivity contribution is -0.141. The normalized spacial score (nSPS) is 11.5. The van der Waals surface area contributed by atoms with Crippen molar-refractivity contribution in [2.75, 3.05) is 21.3 Å². The number of esters is 1. The molecule has 0 radical (unpaired) electrons. The van der Waals surface area contributed by atoms with E-state index in [1.807, 2.05) is 0 Å². The topological polar surface area (TPSA) is 79.1 Å². The van der Waals surface area contributed by atoms with Crippen LogP contribution < -0.4 is 14.3 Å². The molecule has 3 aromatic rings. The van der Waals surface area contributed by atoms with Crippen LogP contribution in [0.15, 0.2) is 41.4 Å². The fraction of sp³-hybridized carbons (Fsp3) is 0.250. The zero-order chi connectivity index (χ0) is 21.0. The maximum Gasteiger partial charge on any atom is 0.325 e. The first-order chi connectivity index (χ1) is 14.0. The van der Waals surface area contributed by atoms with Gasteiger partial charge in [0.1, 0.15) is 12.4 Å². The molecular formula is C20H19FN2O5S. The van der Waals surface area contributed by atoms with E-state index in [1.165, 1.54) is 32.0 Å². The molecular weight excluding hydrogens is 399 g/mol. The number of rotatable bonds is 6. The second-order valence-electron chi connectivity index (χ2n) is 6.01. The summed E-state index contributed by atoms with van der Waals surface area (Å²) in [6, 6.07) is 9.69. The number of hydrogen-bond acceptors (Lipinski definition) is 6. The minimum absolute atomic E-state index is 0.00923. The van der Waals surface area contributed by atoms with Gasteiger partial charge >= 0.3 is 5.97 Å². The van der Waals surface area contributed by atoms with Gasteiger partial charge in [0.15, 0.2) is 16.3 Å². The van der Waals surface area contributed by atoms with E-state index < -0.39 is 17.7 Å². The first-order valence-electron chi connectivity index (χ1n) is 8.60. The number of hydrogen-bond donors (Lipinski definition) is 0. The highest BCUT2D eigenvalue weighted by atomic mass is 32.1. The Morgan fingerprint density at radius 2 is 1.86 bits per heavy atom. The van der Waals surface area contributed by atoms with Gasteiger partial charge in [-0.25, -0.2) is 4.39 Å². The van der Waals surface area contributed by atoms with Crippen LogP contribution >= 0.6 is 11.3 Å². The zero-order valence-corrected chi connectivity index (χ0v) is 16.9. The summed E-state index contributed by atoms with van der Waals surface area (Å²) in [5.41, 5.74) is 0.892. The van der Waals surface area contributed by atoms with E-state index in [-0.39, 0.29) is 23.3 Å². The molecule has 0 atom stereocenters. The molecule has 152 valence electrons. The Labute approximate surface area is 170 Å². The molecule has 0 aliphatic rings. The minimum atomic E-state index is -0.568. The van der Waals surface area contributed by atoms with E-state index in [0.717, 1.165) is 11.3 Å². The lowest BCUT2D eigenvalue weighted by Crippen LogP contribution is -2.23. The average molecular weight is 418 g/mol. The van der Waals surface area contributed by atoms with Crippen LogP contribution in [0.1, 0.15) is 5.56 Å². The highest BCUT2D eigenvalue weighted by Gasteiger charge is 2.15. The van der Waals surface area contributed by atoms with Crippen LogP contribution in [0.5, 0.6) is 11.5 Å². The van der Waals surface area contributed by atoms with E-state index in [0.29, 0.717) is 21.8 Å². The molecule has 1 amide bonds. The molecule has 0 spiro atoms. The van der Waals surface area contributed by atoms with Crippen molar-refractivity contribution in [3.8, 4) is 11.5 Å². The van der Waals surface area contributed by atoms with E-state index in [2.05, 4.69) is 9.73 Å². The number of benzene rings is 2. The number of methoxy groups -OCH3 is 3. The van der Waals surface area contributed by atoms with Crippen molar-refractivity contribution in [1.82, 2.24) is 4.57 Å². The van der Waals surface area contributed by atoms with Crippen LogP contribution in [0, 0.1) is 5.82 Å². The summed E-state index contributed by atoms with van der Waals surface area (Å²) in [4.78, 5) is 28.7. The highest BCUT2D eigenvalue weighted by molar-refractivity contribution is 7.16. The summed E-state index contributed by atoms with van der Waals surface area (Å²) < 4.78 is 31.4. The van der Waals surface area contributed by atoms with Gasteiger partial charge in [0.25, 0.3) is 5.91 Å². The molecule has 0 saturated heterocycles. The van der Waals surface area contributed by atoms with Crippen molar-refractivity contribution in [1.29, 1.82) is 0 Å². The van der Waals surface area contributed by atoms with Crippen LogP contribution in [0.4, 0.5) is 4.39 Å². The lowest BCUT2D eigenvalue weighted by Gasteiger charge is -2.08. The molecule has 0 saturated carbocycles.